The van der Waals surface area contributed by atoms with Crippen molar-refractivity contribution in [3.8, 4) is 11.8 Å². The Kier molecular flexibility index (Phi) is 6.85. The van der Waals surface area contributed by atoms with E-state index in [1.165, 1.54) is 7.11 Å². The first-order valence-corrected chi connectivity index (χ1v) is 8.94. The Bertz CT molecular complexity index is 895. The fourth-order valence-corrected chi connectivity index (χ4v) is 2.51. The van der Waals surface area contributed by atoms with E-state index >= 15 is 0 Å². The molecule has 2 N–H and O–H groups in total. The minimum Gasteiger partial charge on any atom is -0.497 e. The molecule has 0 bridgehead atoms. The summed E-state index contributed by atoms with van der Waals surface area (Å²) in [4.78, 5) is 25.5. The van der Waals surface area contributed by atoms with Crippen molar-refractivity contribution < 1.29 is 14.3 Å². The van der Waals surface area contributed by atoms with Crippen molar-refractivity contribution in [2.24, 2.45) is 0 Å². The van der Waals surface area contributed by atoms with E-state index < -0.39 is 17.5 Å². The number of halogens is 1. The minimum atomic E-state index is -1.27. The zero-order valence-electron chi connectivity index (χ0n) is 15.8. The molecule has 2 aromatic carbocycles. The zero-order chi connectivity index (χ0) is 20.7. The van der Waals surface area contributed by atoms with Gasteiger partial charge >= 0.3 is 6.03 Å². The summed E-state index contributed by atoms with van der Waals surface area (Å²) < 4.78 is 5.07. The van der Waals surface area contributed by atoms with E-state index in [1.807, 2.05) is 0 Å². The molecule has 28 heavy (non-hydrogen) atoms. The van der Waals surface area contributed by atoms with Crippen LogP contribution in [-0.4, -0.2) is 29.6 Å². The molecule has 1 unspecified atom stereocenters. The van der Waals surface area contributed by atoms with Gasteiger partial charge in [-0.15, -0.1) is 0 Å². The molecule has 2 rings (SSSR count). The molecule has 0 heterocycles. The second kappa shape index (κ2) is 9.11. The highest BCUT2D eigenvalue weighted by molar-refractivity contribution is 6.33. The molecular formula is C20H21ClN4O3. The van der Waals surface area contributed by atoms with Gasteiger partial charge in [0.2, 0.25) is 0 Å². The Balaban J connectivity index is 2.28. The number of methoxy groups -OCH3 is 1. The largest absolute Gasteiger partial charge is 0.497 e. The summed E-state index contributed by atoms with van der Waals surface area (Å²) in [5.74, 6) is 0.0622. The van der Waals surface area contributed by atoms with E-state index in [0.29, 0.717) is 28.4 Å². The van der Waals surface area contributed by atoms with Crippen LogP contribution in [0.3, 0.4) is 0 Å². The lowest BCUT2D eigenvalue weighted by Gasteiger charge is -2.35. The third-order valence-corrected chi connectivity index (χ3v) is 4.64. The molecule has 0 saturated heterocycles. The van der Waals surface area contributed by atoms with Crippen LogP contribution in [0.15, 0.2) is 48.5 Å². The van der Waals surface area contributed by atoms with Crippen LogP contribution in [-0.2, 0) is 0 Å². The van der Waals surface area contributed by atoms with Crippen molar-refractivity contribution in [2.75, 3.05) is 12.4 Å². The van der Waals surface area contributed by atoms with Crippen molar-refractivity contribution in [3.05, 3.63) is 59.1 Å². The van der Waals surface area contributed by atoms with Crippen LogP contribution >= 0.6 is 11.6 Å². The lowest BCUT2D eigenvalue weighted by molar-refractivity contribution is 0.0710. The molecule has 0 spiro atoms. The number of hydrazine groups is 1. The van der Waals surface area contributed by atoms with Crippen molar-refractivity contribution >= 4 is 29.2 Å². The van der Waals surface area contributed by atoms with Crippen LogP contribution in [0.4, 0.5) is 10.5 Å². The predicted molar refractivity (Wildman–Crippen MR) is 107 cm³/mol. The minimum absolute atomic E-state index is 0.294. The maximum absolute atomic E-state index is 12.9. The fourth-order valence-electron chi connectivity index (χ4n) is 2.33. The summed E-state index contributed by atoms with van der Waals surface area (Å²) in [7, 11) is 1.52. The van der Waals surface area contributed by atoms with Gasteiger partial charge in [0, 0.05) is 5.56 Å². The molecule has 146 valence electrons. The van der Waals surface area contributed by atoms with Gasteiger partial charge in [0.1, 0.15) is 11.3 Å². The maximum Gasteiger partial charge on any atom is 0.342 e. The summed E-state index contributed by atoms with van der Waals surface area (Å²) >= 11 is 6.09. The van der Waals surface area contributed by atoms with Crippen LogP contribution in [0.25, 0.3) is 0 Å². The number of urea groups is 1. The van der Waals surface area contributed by atoms with E-state index in [9.17, 15) is 14.9 Å². The summed E-state index contributed by atoms with van der Waals surface area (Å²) in [5.41, 5.74) is 1.94. The van der Waals surface area contributed by atoms with Crippen molar-refractivity contribution in [3.63, 3.8) is 0 Å². The van der Waals surface area contributed by atoms with Crippen molar-refractivity contribution in [2.45, 2.75) is 25.8 Å². The number of hydrogen-bond donors (Lipinski definition) is 2. The molecule has 1 atom stereocenters. The van der Waals surface area contributed by atoms with Crippen molar-refractivity contribution in [1.82, 2.24) is 10.4 Å². The molecule has 2 aromatic rings. The average Bonchev–Trinajstić information content (AvgIpc) is 2.72. The first kappa shape index (κ1) is 21.1. The molecule has 0 aliphatic rings. The van der Waals surface area contributed by atoms with E-state index in [0.717, 1.165) is 5.01 Å². The van der Waals surface area contributed by atoms with Gasteiger partial charge < -0.3 is 10.1 Å². The van der Waals surface area contributed by atoms with E-state index in [-0.39, 0.29) is 0 Å². The highest BCUT2D eigenvalue weighted by Gasteiger charge is 2.36. The molecule has 0 aromatic heterocycles. The number of hydrogen-bond acceptors (Lipinski definition) is 4. The zero-order valence-corrected chi connectivity index (χ0v) is 16.6. The number of carbonyl (C=O) groups is 2. The first-order valence-electron chi connectivity index (χ1n) is 8.56. The normalized spacial score (nSPS) is 12.2. The molecular weight excluding hydrogens is 380 g/mol. The average molecular weight is 401 g/mol. The van der Waals surface area contributed by atoms with Gasteiger partial charge in [-0.25, -0.2) is 9.80 Å². The quantitative estimate of drug-likeness (QED) is 0.734. The van der Waals surface area contributed by atoms with Gasteiger partial charge in [-0.2, -0.15) is 5.26 Å². The lowest BCUT2D eigenvalue weighted by Crippen LogP contribution is -2.59. The van der Waals surface area contributed by atoms with Gasteiger partial charge in [-0.05, 0) is 49.7 Å². The summed E-state index contributed by atoms with van der Waals surface area (Å²) in [5, 5.41) is 13.6. The number of anilines is 1. The second-order valence-corrected chi connectivity index (χ2v) is 6.56. The summed E-state index contributed by atoms with van der Waals surface area (Å²) in [6.45, 7) is 3.31. The Morgan fingerprint density at radius 2 is 1.86 bits per heavy atom. The lowest BCUT2D eigenvalue weighted by atomic mass is 10.0. The van der Waals surface area contributed by atoms with Gasteiger partial charge in [0.25, 0.3) is 5.91 Å². The standard InChI is InChI=1S/C20H21ClN4O3/c1-4-20(2,13-22)25(19(27)23-17-8-6-5-7-16(17)21)24-18(26)14-9-11-15(28-3)12-10-14/h5-12H,4H2,1-3H3,(H,23,27)(H,24,26). The second-order valence-electron chi connectivity index (χ2n) is 6.15. The number of para-hydroxylation sites is 1. The number of rotatable bonds is 5. The number of amides is 3. The van der Waals surface area contributed by atoms with Crippen LogP contribution < -0.4 is 15.5 Å². The molecule has 0 aliphatic carbocycles. The van der Waals surface area contributed by atoms with Crippen LogP contribution in [0, 0.1) is 11.3 Å². The highest BCUT2D eigenvalue weighted by Crippen LogP contribution is 2.23. The number of nitriles is 1. The SMILES string of the molecule is CCC(C)(C#N)N(NC(=O)c1ccc(OC)cc1)C(=O)Nc1ccccc1Cl. The Hall–Kier alpha value is -3.24. The number of benzene rings is 2. The summed E-state index contributed by atoms with van der Waals surface area (Å²) in [6.07, 6.45) is 0.294. The first-order chi connectivity index (χ1) is 13.3. The molecule has 0 fully saturated rings. The Morgan fingerprint density at radius 3 is 2.39 bits per heavy atom. The molecule has 0 aliphatic heterocycles. The monoisotopic (exact) mass is 400 g/mol. The molecule has 7 nitrogen and oxygen atoms in total. The molecule has 8 heteroatoms. The topological polar surface area (TPSA) is 94.5 Å². The van der Waals surface area contributed by atoms with E-state index in [4.69, 9.17) is 16.3 Å². The van der Waals surface area contributed by atoms with Gasteiger partial charge in [-0.3, -0.25) is 10.2 Å². The third kappa shape index (κ3) is 4.72. The van der Waals surface area contributed by atoms with Crippen LogP contribution in [0.2, 0.25) is 5.02 Å². The number of nitrogens with one attached hydrogen (secondary N) is 2. The van der Waals surface area contributed by atoms with Gasteiger partial charge in [-0.1, -0.05) is 30.7 Å². The smallest absolute Gasteiger partial charge is 0.342 e. The van der Waals surface area contributed by atoms with Crippen molar-refractivity contribution in [1.29, 1.82) is 5.26 Å². The maximum atomic E-state index is 12.9. The third-order valence-electron chi connectivity index (χ3n) is 4.31. The Labute approximate surface area is 168 Å². The van der Waals surface area contributed by atoms with Crippen LogP contribution in [0.5, 0.6) is 5.75 Å². The van der Waals surface area contributed by atoms with Crippen LogP contribution in [0.1, 0.15) is 30.6 Å². The van der Waals surface area contributed by atoms with Gasteiger partial charge in [0.05, 0.1) is 23.9 Å². The number of ether oxygens (including phenoxy) is 1. The fraction of sp³-hybridized carbons (Fsp3) is 0.250. The molecule has 3 amide bonds. The molecule has 0 saturated carbocycles. The van der Waals surface area contributed by atoms with E-state index in [1.54, 1.807) is 62.4 Å². The number of nitrogens with zero attached hydrogens (tertiary/aromatic N) is 2. The highest BCUT2D eigenvalue weighted by atomic mass is 35.5. The van der Waals surface area contributed by atoms with Gasteiger partial charge in [0.15, 0.2) is 0 Å². The Morgan fingerprint density at radius 1 is 1.21 bits per heavy atom. The van der Waals surface area contributed by atoms with E-state index in [2.05, 4.69) is 16.8 Å². The molecule has 0 radical (unpaired) electrons. The summed E-state index contributed by atoms with van der Waals surface area (Å²) in [6, 6.07) is 14.5. The predicted octanol–water partition coefficient (Wildman–Crippen LogP) is 4.22. The number of carbonyl (C=O) groups excluding carboxylic acids is 2.